The SMILES string of the molecule is CC(O)(CN1C(=O)CC2(CCCCCC2)C1=O)C(=O)O. The van der Waals surface area contributed by atoms with Crippen LogP contribution in [0.15, 0.2) is 0 Å². The molecule has 0 aromatic rings. The average Bonchev–Trinajstić information content (AvgIpc) is 2.57. The molecule has 0 aromatic heterocycles. The molecule has 112 valence electrons. The first-order chi connectivity index (χ1) is 9.28. The number of likely N-dealkylation sites (tertiary alicyclic amines) is 1. The average molecular weight is 283 g/mol. The van der Waals surface area contributed by atoms with Crippen LogP contribution >= 0.6 is 0 Å². The van der Waals surface area contributed by atoms with E-state index in [0.717, 1.165) is 37.5 Å². The van der Waals surface area contributed by atoms with Gasteiger partial charge in [0, 0.05) is 6.42 Å². The Morgan fingerprint density at radius 2 is 1.80 bits per heavy atom. The van der Waals surface area contributed by atoms with Gasteiger partial charge in [0.2, 0.25) is 11.8 Å². The summed E-state index contributed by atoms with van der Waals surface area (Å²) in [5.41, 5.74) is -2.75. The van der Waals surface area contributed by atoms with Crippen LogP contribution in [-0.4, -0.2) is 45.0 Å². The molecule has 1 spiro atoms. The highest BCUT2D eigenvalue weighted by Gasteiger charge is 2.52. The van der Waals surface area contributed by atoms with Crippen LogP contribution in [0.4, 0.5) is 0 Å². The van der Waals surface area contributed by atoms with Gasteiger partial charge in [0.1, 0.15) is 0 Å². The monoisotopic (exact) mass is 283 g/mol. The summed E-state index contributed by atoms with van der Waals surface area (Å²) in [5.74, 6) is -2.09. The zero-order valence-corrected chi connectivity index (χ0v) is 11.7. The standard InChI is InChI=1S/C14H21NO5/c1-13(20,12(18)19)9-15-10(16)8-14(11(15)17)6-4-2-3-5-7-14/h20H,2-9H2,1H3,(H,18,19). The third-order valence-corrected chi connectivity index (χ3v) is 4.48. The first-order valence-electron chi connectivity index (χ1n) is 7.09. The van der Waals surface area contributed by atoms with Gasteiger partial charge in [0.05, 0.1) is 12.0 Å². The minimum Gasteiger partial charge on any atom is -0.479 e. The van der Waals surface area contributed by atoms with Crippen molar-refractivity contribution >= 4 is 17.8 Å². The number of hydrogen-bond donors (Lipinski definition) is 2. The lowest BCUT2D eigenvalue weighted by atomic mass is 9.79. The number of carboxylic acids is 1. The molecule has 1 unspecified atom stereocenters. The predicted octanol–water partition coefficient (Wildman–Crippen LogP) is 0.921. The quantitative estimate of drug-likeness (QED) is 0.751. The summed E-state index contributed by atoms with van der Waals surface area (Å²) in [6.45, 7) is 0.635. The molecule has 1 aliphatic heterocycles. The van der Waals surface area contributed by atoms with Crippen LogP contribution < -0.4 is 0 Å². The molecule has 2 aliphatic rings. The van der Waals surface area contributed by atoms with Crippen molar-refractivity contribution in [2.45, 2.75) is 57.5 Å². The van der Waals surface area contributed by atoms with Gasteiger partial charge in [0.25, 0.3) is 0 Å². The minimum atomic E-state index is -2.10. The van der Waals surface area contributed by atoms with Gasteiger partial charge >= 0.3 is 5.97 Å². The third kappa shape index (κ3) is 2.57. The summed E-state index contributed by atoms with van der Waals surface area (Å²) in [6.07, 6.45) is 5.49. The number of amides is 2. The lowest BCUT2D eigenvalue weighted by Gasteiger charge is -2.27. The predicted molar refractivity (Wildman–Crippen MR) is 69.7 cm³/mol. The van der Waals surface area contributed by atoms with Crippen LogP contribution in [0.3, 0.4) is 0 Å². The number of aliphatic carboxylic acids is 1. The molecule has 6 nitrogen and oxygen atoms in total. The number of nitrogens with zero attached hydrogens (tertiary/aromatic N) is 1. The van der Waals surface area contributed by atoms with E-state index in [1.54, 1.807) is 0 Å². The molecule has 0 bridgehead atoms. The fraction of sp³-hybridized carbons (Fsp3) is 0.786. The van der Waals surface area contributed by atoms with E-state index in [-0.39, 0.29) is 18.2 Å². The van der Waals surface area contributed by atoms with Crippen LogP contribution in [0.5, 0.6) is 0 Å². The van der Waals surface area contributed by atoms with Crippen molar-refractivity contribution in [2.24, 2.45) is 5.41 Å². The molecule has 1 atom stereocenters. The highest BCUT2D eigenvalue weighted by molar-refractivity contribution is 6.06. The summed E-state index contributed by atoms with van der Waals surface area (Å²) in [7, 11) is 0. The van der Waals surface area contributed by atoms with Crippen LogP contribution in [0, 0.1) is 5.41 Å². The van der Waals surface area contributed by atoms with Crippen LogP contribution in [0.1, 0.15) is 51.9 Å². The smallest absolute Gasteiger partial charge is 0.337 e. The molecule has 1 saturated heterocycles. The van der Waals surface area contributed by atoms with Gasteiger partial charge in [-0.2, -0.15) is 0 Å². The number of β-amino-alcohol motifs (C(OH)–C–C–N with tert-alkyl or cyclic N) is 1. The summed E-state index contributed by atoms with van der Waals surface area (Å²) >= 11 is 0. The fourth-order valence-corrected chi connectivity index (χ4v) is 3.19. The molecule has 2 amide bonds. The zero-order valence-electron chi connectivity index (χ0n) is 11.7. The van der Waals surface area contributed by atoms with Crippen molar-refractivity contribution in [3.05, 3.63) is 0 Å². The minimum absolute atomic E-state index is 0.154. The van der Waals surface area contributed by atoms with Crippen LogP contribution in [0.25, 0.3) is 0 Å². The molecule has 1 heterocycles. The lowest BCUT2D eigenvalue weighted by Crippen LogP contribution is -2.49. The molecular formula is C14H21NO5. The van der Waals surface area contributed by atoms with Gasteiger partial charge in [-0.1, -0.05) is 25.7 Å². The van der Waals surface area contributed by atoms with Gasteiger partial charge in [-0.15, -0.1) is 0 Å². The second-order valence-corrected chi connectivity index (χ2v) is 6.24. The van der Waals surface area contributed by atoms with Crippen LogP contribution in [0.2, 0.25) is 0 Å². The van der Waals surface area contributed by atoms with Gasteiger partial charge in [0.15, 0.2) is 5.60 Å². The Balaban J connectivity index is 2.18. The Labute approximate surface area is 117 Å². The largest absolute Gasteiger partial charge is 0.479 e. The summed E-state index contributed by atoms with van der Waals surface area (Å²) < 4.78 is 0. The van der Waals surface area contributed by atoms with Crippen molar-refractivity contribution in [3.8, 4) is 0 Å². The van der Waals surface area contributed by atoms with E-state index < -0.39 is 23.5 Å². The molecule has 20 heavy (non-hydrogen) atoms. The number of carboxylic acid groups (broad SMARTS) is 1. The molecule has 2 N–H and O–H groups in total. The highest BCUT2D eigenvalue weighted by Crippen LogP contribution is 2.44. The Kier molecular flexibility index (Phi) is 3.86. The van der Waals surface area contributed by atoms with Crippen LogP contribution in [-0.2, 0) is 14.4 Å². The zero-order chi connectivity index (χ0) is 15.0. The lowest BCUT2D eigenvalue weighted by molar-refractivity contribution is -0.161. The van der Waals surface area contributed by atoms with Crippen molar-refractivity contribution in [2.75, 3.05) is 6.54 Å². The molecule has 6 heteroatoms. The molecule has 0 radical (unpaired) electrons. The Hall–Kier alpha value is -1.43. The Morgan fingerprint density at radius 1 is 1.25 bits per heavy atom. The summed E-state index contributed by atoms with van der Waals surface area (Å²) in [5, 5.41) is 18.7. The number of hydrogen-bond acceptors (Lipinski definition) is 4. The second kappa shape index (κ2) is 5.16. The molecule has 1 aliphatic carbocycles. The molecule has 2 rings (SSSR count). The third-order valence-electron chi connectivity index (χ3n) is 4.48. The van der Waals surface area contributed by atoms with Crippen molar-refractivity contribution < 1.29 is 24.6 Å². The van der Waals surface area contributed by atoms with Crippen molar-refractivity contribution in [1.29, 1.82) is 0 Å². The number of aliphatic hydroxyl groups is 1. The molecule has 2 fully saturated rings. The number of carbonyl (C=O) groups is 3. The van der Waals surface area contributed by atoms with E-state index in [4.69, 9.17) is 5.11 Å². The molecule has 0 aromatic carbocycles. The van der Waals surface area contributed by atoms with Gasteiger partial charge in [-0.25, -0.2) is 4.79 Å². The van der Waals surface area contributed by atoms with E-state index in [0.29, 0.717) is 12.8 Å². The second-order valence-electron chi connectivity index (χ2n) is 6.24. The number of imide groups is 1. The fourth-order valence-electron chi connectivity index (χ4n) is 3.19. The summed E-state index contributed by atoms with van der Waals surface area (Å²) in [6, 6.07) is 0. The Morgan fingerprint density at radius 3 is 2.30 bits per heavy atom. The normalized spacial score (nSPS) is 25.6. The topological polar surface area (TPSA) is 94.9 Å². The van der Waals surface area contributed by atoms with E-state index in [1.807, 2.05) is 0 Å². The highest BCUT2D eigenvalue weighted by atomic mass is 16.4. The van der Waals surface area contributed by atoms with E-state index in [1.165, 1.54) is 0 Å². The van der Waals surface area contributed by atoms with Gasteiger partial charge in [-0.3, -0.25) is 14.5 Å². The summed E-state index contributed by atoms with van der Waals surface area (Å²) in [4.78, 5) is 36.5. The maximum Gasteiger partial charge on any atom is 0.337 e. The van der Waals surface area contributed by atoms with Gasteiger partial charge < -0.3 is 10.2 Å². The van der Waals surface area contributed by atoms with Crippen molar-refractivity contribution in [1.82, 2.24) is 4.90 Å². The first-order valence-corrected chi connectivity index (χ1v) is 7.09. The molecule has 1 saturated carbocycles. The maximum atomic E-state index is 12.5. The number of carbonyl (C=O) groups excluding carboxylic acids is 2. The Bertz CT molecular complexity index is 435. The van der Waals surface area contributed by atoms with Crippen molar-refractivity contribution in [3.63, 3.8) is 0 Å². The van der Waals surface area contributed by atoms with E-state index >= 15 is 0 Å². The first kappa shape index (κ1) is 15.0. The van der Waals surface area contributed by atoms with Gasteiger partial charge in [-0.05, 0) is 19.8 Å². The van der Waals surface area contributed by atoms with E-state index in [2.05, 4.69) is 0 Å². The molecular weight excluding hydrogens is 262 g/mol. The van der Waals surface area contributed by atoms with E-state index in [9.17, 15) is 19.5 Å². The maximum absolute atomic E-state index is 12.5. The number of rotatable bonds is 3.